The van der Waals surface area contributed by atoms with Gasteiger partial charge in [0.2, 0.25) is 0 Å². The van der Waals surface area contributed by atoms with Crippen molar-refractivity contribution in [2.75, 3.05) is 12.4 Å². The first-order chi connectivity index (χ1) is 8.70. The van der Waals surface area contributed by atoms with Gasteiger partial charge < -0.3 is 10.1 Å². The van der Waals surface area contributed by atoms with Gasteiger partial charge in [-0.15, -0.1) is 0 Å². The Morgan fingerprint density at radius 1 is 1.28 bits per heavy atom. The topological polar surface area (TPSA) is 64.1 Å². The zero-order valence-corrected chi connectivity index (χ0v) is 10.2. The lowest BCUT2D eigenvalue weighted by molar-refractivity contribution is 0.102. The lowest BCUT2D eigenvalue weighted by Crippen LogP contribution is -2.14. The molecule has 1 amide bonds. The molecule has 0 aliphatic heterocycles. The van der Waals surface area contributed by atoms with Gasteiger partial charge in [-0.2, -0.15) is 0 Å². The summed E-state index contributed by atoms with van der Waals surface area (Å²) in [4.78, 5) is 19.9. The number of carbonyl (C=O) groups excluding carboxylic acids is 1. The van der Waals surface area contributed by atoms with Crippen molar-refractivity contribution >= 4 is 11.6 Å². The fourth-order valence-corrected chi connectivity index (χ4v) is 1.51. The quantitative estimate of drug-likeness (QED) is 0.896. The molecule has 0 bridgehead atoms. The van der Waals surface area contributed by atoms with Crippen molar-refractivity contribution in [3.63, 3.8) is 0 Å². The lowest BCUT2D eigenvalue weighted by atomic mass is 10.2. The molecule has 0 atom stereocenters. The molecule has 1 heterocycles. The van der Waals surface area contributed by atoms with Crippen molar-refractivity contribution < 1.29 is 9.53 Å². The van der Waals surface area contributed by atoms with Gasteiger partial charge in [0.25, 0.3) is 5.91 Å². The predicted octanol–water partition coefficient (Wildman–Crippen LogP) is 2.05. The van der Waals surface area contributed by atoms with Crippen molar-refractivity contribution in [2.24, 2.45) is 0 Å². The van der Waals surface area contributed by atoms with Crippen LogP contribution in [-0.2, 0) is 0 Å². The van der Waals surface area contributed by atoms with Gasteiger partial charge >= 0.3 is 0 Å². The van der Waals surface area contributed by atoms with E-state index in [0.717, 1.165) is 5.69 Å². The third kappa shape index (κ3) is 2.63. The number of methoxy groups -OCH3 is 1. The Hall–Kier alpha value is -2.43. The highest BCUT2D eigenvalue weighted by molar-refractivity contribution is 6.03. The summed E-state index contributed by atoms with van der Waals surface area (Å²) in [7, 11) is 1.56. The van der Waals surface area contributed by atoms with Crippen molar-refractivity contribution in [2.45, 2.75) is 6.92 Å². The van der Waals surface area contributed by atoms with Crippen LogP contribution >= 0.6 is 0 Å². The number of aryl methyl sites for hydroxylation is 1. The molecule has 5 heteroatoms. The van der Waals surface area contributed by atoms with Gasteiger partial charge in [0, 0.05) is 5.69 Å². The first-order valence-electron chi connectivity index (χ1n) is 5.43. The fraction of sp³-hybridized carbons (Fsp3) is 0.154. The Morgan fingerprint density at radius 3 is 2.78 bits per heavy atom. The average molecular weight is 243 g/mol. The Balaban J connectivity index is 2.21. The molecule has 2 aromatic rings. The summed E-state index contributed by atoms with van der Waals surface area (Å²) in [6, 6.07) is 8.84. The molecular weight excluding hydrogens is 230 g/mol. The summed E-state index contributed by atoms with van der Waals surface area (Å²) in [6.07, 6.45) is 1.37. The second-order valence-electron chi connectivity index (χ2n) is 3.70. The van der Waals surface area contributed by atoms with Gasteiger partial charge in [-0.1, -0.05) is 12.1 Å². The van der Waals surface area contributed by atoms with Gasteiger partial charge in [-0.05, 0) is 25.1 Å². The number of nitrogens with one attached hydrogen (secondary N) is 1. The first kappa shape index (κ1) is 12.0. The number of hydrogen-bond donors (Lipinski definition) is 1. The Morgan fingerprint density at radius 2 is 2.06 bits per heavy atom. The van der Waals surface area contributed by atoms with E-state index in [9.17, 15) is 4.79 Å². The number of rotatable bonds is 3. The minimum absolute atomic E-state index is 0.287. The smallest absolute Gasteiger partial charge is 0.274 e. The molecule has 0 aliphatic carbocycles. The van der Waals surface area contributed by atoms with Crippen LogP contribution in [-0.4, -0.2) is 23.0 Å². The number of carbonyl (C=O) groups is 1. The van der Waals surface area contributed by atoms with Gasteiger partial charge in [-0.3, -0.25) is 4.79 Å². The van der Waals surface area contributed by atoms with Crippen LogP contribution in [0.25, 0.3) is 0 Å². The minimum Gasteiger partial charge on any atom is -0.495 e. The third-order valence-electron chi connectivity index (χ3n) is 2.39. The number of benzene rings is 1. The highest BCUT2D eigenvalue weighted by atomic mass is 16.5. The molecule has 5 nitrogen and oxygen atoms in total. The van der Waals surface area contributed by atoms with Gasteiger partial charge in [0.15, 0.2) is 0 Å². The van der Waals surface area contributed by atoms with Crippen molar-refractivity contribution in [1.29, 1.82) is 0 Å². The van der Waals surface area contributed by atoms with E-state index in [2.05, 4.69) is 15.3 Å². The molecular formula is C13H13N3O2. The van der Waals surface area contributed by atoms with Crippen LogP contribution < -0.4 is 10.1 Å². The van der Waals surface area contributed by atoms with Crippen LogP contribution in [0.4, 0.5) is 5.69 Å². The molecule has 0 aliphatic rings. The molecule has 0 spiro atoms. The number of nitrogens with zero attached hydrogens (tertiary/aromatic N) is 2. The summed E-state index contributed by atoms with van der Waals surface area (Å²) in [6.45, 7) is 1.81. The average Bonchev–Trinajstić information content (AvgIpc) is 2.39. The monoisotopic (exact) mass is 243 g/mol. The van der Waals surface area contributed by atoms with Crippen molar-refractivity contribution in [1.82, 2.24) is 9.97 Å². The van der Waals surface area contributed by atoms with Crippen LogP contribution in [0.15, 0.2) is 36.7 Å². The highest BCUT2D eigenvalue weighted by Gasteiger charge is 2.10. The van der Waals surface area contributed by atoms with Crippen LogP contribution in [0.2, 0.25) is 0 Å². The lowest BCUT2D eigenvalue weighted by Gasteiger charge is -2.09. The van der Waals surface area contributed by atoms with E-state index in [-0.39, 0.29) is 5.91 Å². The van der Waals surface area contributed by atoms with E-state index in [0.29, 0.717) is 17.1 Å². The Kier molecular flexibility index (Phi) is 3.52. The van der Waals surface area contributed by atoms with Gasteiger partial charge in [0.1, 0.15) is 17.8 Å². The number of ether oxygens (including phenoxy) is 1. The highest BCUT2D eigenvalue weighted by Crippen LogP contribution is 2.23. The molecule has 2 rings (SSSR count). The van der Waals surface area contributed by atoms with E-state index < -0.39 is 0 Å². The third-order valence-corrected chi connectivity index (χ3v) is 2.39. The van der Waals surface area contributed by atoms with E-state index in [4.69, 9.17) is 4.74 Å². The van der Waals surface area contributed by atoms with E-state index in [1.54, 1.807) is 25.3 Å². The number of anilines is 1. The van der Waals surface area contributed by atoms with E-state index in [1.165, 1.54) is 6.33 Å². The van der Waals surface area contributed by atoms with Crippen LogP contribution in [0.5, 0.6) is 5.75 Å². The number of aromatic nitrogens is 2. The summed E-state index contributed by atoms with van der Waals surface area (Å²) >= 11 is 0. The second kappa shape index (κ2) is 5.27. The second-order valence-corrected chi connectivity index (χ2v) is 3.70. The van der Waals surface area contributed by atoms with Gasteiger partial charge in [0.05, 0.1) is 12.8 Å². The molecule has 0 saturated heterocycles. The molecule has 1 aromatic heterocycles. The van der Waals surface area contributed by atoms with Crippen LogP contribution in [0.1, 0.15) is 16.2 Å². The fourth-order valence-electron chi connectivity index (χ4n) is 1.51. The Labute approximate surface area is 105 Å². The molecule has 18 heavy (non-hydrogen) atoms. The molecule has 92 valence electrons. The first-order valence-corrected chi connectivity index (χ1v) is 5.43. The summed E-state index contributed by atoms with van der Waals surface area (Å²) in [5.41, 5.74) is 1.69. The number of para-hydroxylation sites is 2. The minimum atomic E-state index is -0.287. The van der Waals surface area contributed by atoms with E-state index >= 15 is 0 Å². The van der Waals surface area contributed by atoms with Crippen molar-refractivity contribution in [3.05, 3.63) is 48.0 Å². The van der Waals surface area contributed by atoms with Crippen LogP contribution in [0.3, 0.4) is 0 Å². The summed E-state index contributed by atoms with van der Waals surface area (Å²) in [5, 5.41) is 2.75. The maximum Gasteiger partial charge on any atom is 0.274 e. The van der Waals surface area contributed by atoms with Gasteiger partial charge in [-0.25, -0.2) is 9.97 Å². The number of amides is 1. The molecule has 1 N–H and O–H groups in total. The Bertz CT molecular complexity index is 570. The van der Waals surface area contributed by atoms with Crippen LogP contribution in [0, 0.1) is 6.92 Å². The standard InChI is InChI=1S/C13H13N3O2/c1-9-7-11(15-8-14-9)13(17)16-10-5-3-4-6-12(10)18-2/h3-8H,1-2H3,(H,16,17). The SMILES string of the molecule is COc1ccccc1NC(=O)c1cc(C)ncn1. The maximum absolute atomic E-state index is 12.0. The zero-order valence-electron chi connectivity index (χ0n) is 10.2. The number of hydrogen-bond acceptors (Lipinski definition) is 4. The normalized spacial score (nSPS) is 9.89. The maximum atomic E-state index is 12.0. The largest absolute Gasteiger partial charge is 0.495 e. The summed E-state index contributed by atoms with van der Waals surface area (Å²) < 4.78 is 5.16. The molecule has 1 aromatic carbocycles. The molecule has 0 radical (unpaired) electrons. The summed E-state index contributed by atoms with van der Waals surface area (Å²) in [5.74, 6) is 0.321. The molecule has 0 unspecified atom stereocenters. The molecule has 0 fully saturated rings. The predicted molar refractivity (Wildman–Crippen MR) is 67.7 cm³/mol. The molecule has 0 saturated carbocycles. The van der Waals surface area contributed by atoms with E-state index in [1.807, 2.05) is 19.1 Å². The van der Waals surface area contributed by atoms with Crippen molar-refractivity contribution in [3.8, 4) is 5.75 Å². The zero-order chi connectivity index (χ0) is 13.0.